The van der Waals surface area contributed by atoms with Crippen molar-refractivity contribution in [3.63, 3.8) is 0 Å². The Kier molecular flexibility index (Phi) is 9.29. The summed E-state index contributed by atoms with van der Waals surface area (Å²) >= 11 is 0. The number of hydrogen-bond donors (Lipinski definition) is 2. The van der Waals surface area contributed by atoms with E-state index in [9.17, 15) is 19.0 Å². The van der Waals surface area contributed by atoms with E-state index in [0.29, 0.717) is 12.8 Å². The first-order valence-corrected chi connectivity index (χ1v) is 9.11. The molecule has 0 rings (SSSR count). The van der Waals surface area contributed by atoms with Crippen LogP contribution >= 0.6 is 7.37 Å². The van der Waals surface area contributed by atoms with Gasteiger partial charge < -0.3 is 19.7 Å². The smallest absolute Gasteiger partial charge is 0.410 e. The molecule has 7 nitrogen and oxygen atoms in total. The van der Waals surface area contributed by atoms with Gasteiger partial charge in [-0.25, -0.2) is 4.79 Å². The Morgan fingerprint density at radius 2 is 1.81 bits per heavy atom. The van der Waals surface area contributed by atoms with E-state index in [1.54, 1.807) is 20.8 Å². The molecule has 21 heavy (non-hydrogen) atoms. The second-order valence-electron chi connectivity index (χ2n) is 5.30. The third-order valence-corrected chi connectivity index (χ3v) is 4.81. The lowest BCUT2D eigenvalue weighted by Crippen LogP contribution is -2.34. The molecule has 0 aliphatic rings. The zero-order valence-electron chi connectivity index (χ0n) is 13.1. The Morgan fingerprint density at radius 1 is 1.19 bits per heavy atom. The lowest BCUT2D eigenvalue weighted by Gasteiger charge is -2.16. The molecular weight excluding hydrogens is 297 g/mol. The summed E-state index contributed by atoms with van der Waals surface area (Å²) in [4.78, 5) is 32.1. The number of carbonyl (C=O) groups excluding carboxylic acids is 2. The van der Waals surface area contributed by atoms with Crippen molar-refractivity contribution in [1.82, 2.24) is 5.32 Å². The van der Waals surface area contributed by atoms with Gasteiger partial charge in [0.15, 0.2) is 0 Å². The number of ether oxygens (including phenoxy) is 2. The molecule has 2 unspecified atom stereocenters. The quantitative estimate of drug-likeness (QED) is 0.383. The highest BCUT2D eigenvalue weighted by molar-refractivity contribution is 7.57. The third-order valence-electron chi connectivity index (χ3n) is 2.71. The highest BCUT2D eigenvalue weighted by Gasteiger charge is 2.19. The zero-order valence-corrected chi connectivity index (χ0v) is 14.0. The summed E-state index contributed by atoms with van der Waals surface area (Å²) in [6.45, 7) is 6.47. The van der Waals surface area contributed by atoms with E-state index >= 15 is 0 Å². The van der Waals surface area contributed by atoms with Crippen LogP contribution in [-0.4, -0.2) is 42.1 Å². The summed E-state index contributed by atoms with van der Waals surface area (Å²) in [7, 11) is -3.10. The van der Waals surface area contributed by atoms with Crippen LogP contribution in [0.25, 0.3) is 0 Å². The van der Waals surface area contributed by atoms with Crippen LogP contribution in [0, 0.1) is 5.92 Å². The average Bonchev–Trinajstić information content (AvgIpc) is 2.36. The topological polar surface area (TPSA) is 102 Å². The Morgan fingerprint density at radius 3 is 2.33 bits per heavy atom. The van der Waals surface area contributed by atoms with Crippen LogP contribution in [0.2, 0.25) is 0 Å². The van der Waals surface area contributed by atoms with Crippen LogP contribution in [-0.2, 0) is 18.8 Å². The summed E-state index contributed by atoms with van der Waals surface area (Å²) in [5, 5.41) is 2.51. The first-order valence-electron chi connectivity index (χ1n) is 7.08. The molecule has 124 valence electrons. The molecule has 1 amide bonds. The summed E-state index contributed by atoms with van der Waals surface area (Å²) in [6, 6.07) is -0.296. The van der Waals surface area contributed by atoms with Gasteiger partial charge in [0.25, 0.3) is 0 Å². The van der Waals surface area contributed by atoms with Gasteiger partial charge in [-0.2, -0.15) is 0 Å². The molecule has 0 spiro atoms. The lowest BCUT2D eigenvalue weighted by atomic mass is 10.2. The van der Waals surface area contributed by atoms with Crippen molar-refractivity contribution in [3.05, 3.63) is 0 Å². The summed E-state index contributed by atoms with van der Waals surface area (Å²) in [5.41, 5.74) is 0. The van der Waals surface area contributed by atoms with Crippen LogP contribution < -0.4 is 5.32 Å². The van der Waals surface area contributed by atoms with Crippen molar-refractivity contribution in [2.24, 2.45) is 5.92 Å². The minimum atomic E-state index is -3.10. The molecule has 0 aromatic carbocycles. The predicted molar refractivity (Wildman–Crippen MR) is 79.3 cm³/mol. The van der Waals surface area contributed by atoms with Crippen molar-refractivity contribution in [3.8, 4) is 0 Å². The molecule has 0 saturated carbocycles. The normalized spacial score (nSPS) is 15.1. The highest BCUT2D eigenvalue weighted by atomic mass is 31.2. The average molecular weight is 323 g/mol. The standard InChI is InChI=1S/C13H26NO6P/c1-5-7-21(17,18)8-6-11(4)14-13(16)20-9-19-12(15)10(2)3/h10-11H,5-9H2,1-4H3,(H,14,16)(H,17,18). The van der Waals surface area contributed by atoms with Gasteiger partial charge in [0.1, 0.15) is 0 Å². The number of hydrogen-bond acceptors (Lipinski definition) is 5. The Bertz CT molecular complexity index is 385. The monoisotopic (exact) mass is 323 g/mol. The van der Waals surface area contributed by atoms with Crippen molar-refractivity contribution in [2.75, 3.05) is 19.1 Å². The van der Waals surface area contributed by atoms with Gasteiger partial charge in [0.2, 0.25) is 14.2 Å². The van der Waals surface area contributed by atoms with Crippen LogP contribution in [0.5, 0.6) is 0 Å². The number of nitrogens with one attached hydrogen (secondary N) is 1. The van der Waals surface area contributed by atoms with Gasteiger partial charge >= 0.3 is 12.1 Å². The number of carbonyl (C=O) groups is 2. The molecule has 0 aromatic heterocycles. The zero-order chi connectivity index (χ0) is 16.5. The van der Waals surface area contributed by atoms with Gasteiger partial charge in [0.05, 0.1) is 5.92 Å². The second-order valence-corrected chi connectivity index (χ2v) is 7.88. The van der Waals surface area contributed by atoms with E-state index in [2.05, 4.69) is 10.1 Å². The lowest BCUT2D eigenvalue weighted by molar-refractivity contribution is -0.155. The van der Waals surface area contributed by atoms with E-state index in [-0.39, 0.29) is 24.3 Å². The summed E-state index contributed by atoms with van der Waals surface area (Å²) < 4.78 is 21.1. The predicted octanol–water partition coefficient (Wildman–Crippen LogP) is 2.33. The maximum absolute atomic E-state index is 11.7. The van der Waals surface area contributed by atoms with E-state index in [1.807, 2.05) is 6.92 Å². The van der Waals surface area contributed by atoms with Gasteiger partial charge in [-0.3, -0.25) is 9.36 Å². The Hall–Kier alpha value is -1.07. The minimum absolute atomic E-state index is 0.157. The van der Waals surface area contributed by atoms with Crippen LogP contribution in [0.15, 0.2) is 0 Å². The van der Waals surface area contributed by atoms with Crippen molar-refractivity contribution >= 4 is 19.4 Å². The van der Waals surface area contributed by atoms with E-state index < -0.39 is 26.2 Å². The van der Waals surface area contributed by atoms with E-state index in [1.165, 1.54) is 0 Å². The summed E-state index contributed by atoms with van der Waals surface area (Å²) in [6.07, 6.45) is 0.760. The Balaban J connectivity index is 3.89. The number of rotatable bonds is 9. The van der Waals surface area contributed by atoms with Gasteiger partial charge in [-0.05, 0) is 19.8 Å². The van der Waals surface area contributed by atoms with Crippen molar-refractivity contribution in [1.29, 1.82) is 0 Å². The first kappa shape index (κ1) is 19.9. The molecule has 0 bridgehead atoms. The fourth-order valence-corrected chi connectivity index (χ4v) is 3.19. The Labute approximate surface area is 125 Å². The largest absolute Gasteiger partial charge is 0.428 e. The number of esters is 1. The van der Waals surface area contributed by atoms with Crippen molar-refractivity contribution < 1.29 is 28.5 Å². The van der Waals surface area contributed by atoms with E-state index in [0.717, 1.165) is 0 Å². The molecule has 0 fully saturated rings. The van der Waals surface area contributed by atoms with Crippen LogP contribution in [0.3, 0.4) is 0 Å². The number of amides is 1. The van der Waals surface area contributed by atoms with Gasteiger partial charge in [-0.15, -0.1) is 0 Å². The fourth-order valence-electron chi connectivity index (χ4n) is 1.48. The minimum Gasteiger partial charge on any atom is -0.428 e. The van der Waals surface area contributed by atoms with Gasteiger partial charge in [0, 0.05) is 18.4 Å². The third kappa shape index (κ3) is 10.3. The molecular formula is C13H26NO6P. The molecule has 0 heterocycles. The second kappa shape index (κ2) is 9.79. The number of alkyl carbamates (subject to hydrolysis) is 1. The molecule has 0 aliphatic heterocycles. The first-order chi connectivity index (χ1) is 9.68. The van der Waals surface area contributed by atoms with Crippen LogP contribution in [0.4, 0.5) is 4.79 Å². The highest BCUT2D eigenvalue weighted by Crippen LogP contribution is 2.41. The molecule has 8 heteroatoms. The SMILES string of the molecule is CCCP(=O)(O)CCC(C)NC(=O)OCOC(=O)C(C)C. The molecule has 0 aliphatic carbocycles. The van der Waals surface area contributed by atoms with Gasteiger partial charge in [-0.1, -0.05) is 20.8 Å². The maximum Gasteiger partial charge on any atom is 0.410 e. The molecule has 2 N–H and O–H groups in total. The maximum atomic E-state index is 11.7. The molecule has 2 atom stereocenters. The fraction of sp³-hybridized carbons (Fsp3) is 0.846. The molecule has 0 saturated heterocycles. The van der Waals surface area contributed by atoms with E-state index in [4.69, 9.17) is 4.74 Å². The van der Waals surface area contributed by atoms with Crippen LogP contribution in [0.1, 0.15) is 40.5 Å². The molecule has 0 radical (unpaired) electrons. The molecule has 0 aromatic rings. The summed E-state index contributed by atoms with van der Waals surface area (Å²) in [5.74, 6) is -0.732. The van der Waals surface area contributed by atoms with Crippen molar-refractivity contribution in [2.45, 2.75) is 46.6 Å².